The highest BCUT2D eigenvalue weighted by Crippen LogP contribution is 2.21. The minimum atomic E-state index is -0.231. The van der Waals surface area contributed by atoms with E-state index in [-0.39, 0.29) is 16.8 Å². The van der Waals surface area contributed by atoms with Crippen LogP contribution in [0.2, 0.25) is 0 Å². The van der Waals surface area contributed by atoms with Crippen LogP contribution in [0.4, 0.5) is 0 Å². The third-order valence-corrected chi connectivity index (χ3v) is 1.44. The second-order valence-electron chi connectivity index (χ2n) is 6.38. The lowest BCUT2D eigenvalue weighted by molar-refractivity contribution is -0.163. The highest BCUT2D eigenvalue weighted by molar-refractivity contribution is 4.75. The van der Waals surface area contributed by atoms with Crippen molar-refractivity contribution in [2.75, 3.05) is 6.61 Å². The van der Waals surface area contributed by atoms with Crippen LogP contribution in [0.15, 0.2) is 0 Å². The highest BCUT2D eigenvalue weighted by Gasteiger charge is 2.27. The molecule has 0 aliphatic rings. The van der Waals surface area contributed by atoms with Crippen molar-refractivity contribution < 1.29 is 9.47 Å². The first-order valence-electron chi connectivity index (χ1n) is 5.25. The summed E-state index contributed by atoms with van der Waals surface area (Å²) in [4.78, 5) is 0. The average molecular weight is 202 g/mol. The molecule has 0 atom stereocenters. The second kappa shape index (κ2) is 4.19. The molecule has 0 rings (SSSR count). The molecule has 0 fully saturated rings. The molecule has 86 valence electrons. The Labute approximate surface area is 89.0 Å². The summed E-state index contributed by atoms with van der Waals surface area (Å²) in [6.45, 7) is 17.1. The van der Waals surface area contributed by atoms with Crippen LogP contribution in [0.5, 0.6) is 0 Å². The van der Waals surface area contributed by atoms with E-state index in [9.17, 15) is 0 Å². The zero-order chi connectivity index (χ0) is 11.6. The summed E-state index contributed by atoms with van der Waals surface area (Å²) in [6.07, 6.45) is 0. The summed E-state index contributed by atoms with van der Waals surface area (Å²) in [5.41, 5.74) is -0.450. The van der Waals surface area contributed by atoms with Crippen molar-refractivity contribution in [2.24, 2.45) is 0 Å². The van der Waals surface area contributed by atoms with Gasteiger partial charge in [0.25, 0.3) is 0 Å². The molecular weight excluding hydrogens is 176 g/mol. The van der Waals surface area contributed by atoms with Gasteiger partial charge in [0, 0.05) is 0 Å². The van der Waals surface area contributed by atoms with Gasteiger partial charge < -0.3 is 9.47 Å². The number of ether oxygens (including phenoxy) is 2. The Balaban J connectivity index is 4.09. The predicted molar refractivity (Wildman–Crippen MR) is 60.6 cm³/mol. The smallest absolute Gasteiger partial charge is 0.0866 e. The summed E-state index contributed by atoms with van der Waals surface area (Å²) in [7, 11) is 0. The van der Waals surface area contributed by atoms with Crippen LogP contribution < -0.4 is 0 Å². The maximum atomic E-state index is 5.90. The highest BCUT2D eigenvalue weighted by atomic mass is 16.6. The normalized spacial score (nSPS) is 14.6. The van der Waals surface area contributed by atoms with Crippen LogP contribution in [0.1, 0.15) is 55.4 Å². The maximum Gasteiger partial charge on any atom is 0.0866 e. The molecule has 0 saturated heterocycles. The van der Waals surface area contributed by atoms with Gasteiger partial charge in [-0.25, -0.2) is 0 Å². The second-order valence-corrected chi connectivity index (χ2v) is 6.38. The van der Waals surface area contributed by atoms with E-state index >= 15 is 0 Å². The number of rotatable bonds is 3. The van der Waals surface area contributed by atoms with Gasteiger partial charge in [-0.05, 0) is 55.4 Å². The predicted octanol–water partition coefficient (Wildman–Crippen LogP) is 3.40. The van der Waals surface area contributed by atoms with Gasteiger partial charge >= 0.3 is 0 Å². The van der Waals surface area contributed by atoms with E-state index in [0.29, 0.717) is 6.61 Å². The van der Waals surface area contributed by atoms with E-state index in [1.165, 1.54) is 0 Å². The third-order valence-electron chi connectivity index (χ3n) is 1.44. The van der Waals surface area contributed by atoms with E-state index < -0.39 is 0 Å². The van der Waals surface area contributed by atoms with Crippen molar-refractivity contribution in [1.29, 1.82) is 0 Å². The van der Waals surface area contributed by atoms with Crippen LogP contribution in [0.3, 0.4) is 0 Å². The number of hydrogen-bond donors (Lipinski definition) is 0. The van der Waals surface area contributed by atoms with Crippen LogP contribution in [0.25, 0.3) is 0 Å². The summed E-state index contributed by atoms with van der Waals surface area (Å²) in [6, 6.07) is 0. The Bertz CT molecular complexity index is 170. The molecule has 0 bridgehead atoms. The lowest BCUT2D eigenvalue weighted by Crippen LogP contribution is -2.40. The Morgan fingerprint density at radius 3 is 1.43 bits per heavy atom. The van der Waals surface area contributed by atoms with Gasteiger partial charge in [-0.3, -0.25) is 0 Å². The largest absolute Gasteiger partial charge is 0.373 e. The van der Waals surface area contributed by atoms with Crippen LogP contribution in [0, 0.1) is 0 Å². The summed E-state index contributed by atoms with van der Waals surface area (Å²) >= 11 is 0. The lowest BCUT2D eigenvalue weighted by atomic mass is 10.1. The SMILES string of the molecule is CC(C)(C)OCC(C)(C)OC(C)(C)C. The average Bonchev–Trinajstić information content (AvgIpc) is 1.76. The topological polar surface area (TPSA) is 18.5 Å². The molecule has 0 radical (unpaired) electrons. The maximum absolute atomic E-state index is 5.90. The molecule has 0 aliphatic carbocycles. The van der Waals surface area contributed by atoms with Crippen molar-refractivity contribution in [3.8, 4) is 0 Å². The van der Waals surface area contributed by atoms with Gasteiger partial charge in [-0.15, -0.1) is 0 Å². The summed E-state index contributed by atoms with van der Waals surface area (Å²) in [5, 5.41) is 0. The van der Waals surface area contributed by atoms with E-state index in [1.54, 1.807) is 0 Å². The molecule has 14 heavy (non-hydrogen) atoms. The quantitative estimate of drug-likeness (QED) is 0.698. The van der Waals surface area contributed by atoms with E-state index in [1.807, 2.05) is 0 Å². The van der Waals surface area contributed by atoms with Crippen molar-refractivity contribution in [1.82, 2.24) is 0 Å². The van der Waals surface area contributed by atoms with E-state index in [2.05, 4.69) is 55.4 Å². The van der Waals surface area contributed by atoms with Crippen molar-refractivity contribution in [3.05, 3.63) is 0 Å². The van der Waals surface area contributed by atoms with Gasteiger partial charge in [0.1, 0.15) is 0 Å². The monoisotopic (exact) mass is 202 g/mol. The molecule has 0 aromatic carbocycles. The molecule has 0 aromatic heterocycles. The van der Waals surface area contributed by atoms with Crippen LogP contribution in [-0.2, 0) is 9.47 Å². The molecule has 0 spiro atoms. The Morgan fingerprint density at radius 2 is 1.14 bits per heavy atom. The first-order chi connectivity index (χ1) is 5.91. The third kappa shape index (κ3) is 8.52. The molecule has 0 saturated carbocycles. The molecule has 2 nitrogen and oxygen atoms in total. The molecule has 0 unspecified atom stereocenters. The fourth-order valence-electron chi connectivity index (χ4n) is 1.25. The fraction of sp³-hybridized carbons (Fsp3) is 1.00. The lowest BCUT2D eigenvalue weighted by Gasteiger charge is -2.35. The fourth-order valence-corrected chi connectivity index (χ4v) is 1.25. The molecule has 0 aliphatic heterocycles. The van der Waals surface area contributed by atoms with Crippen molar-refractivity contribution in [2.45, 2.75) is 72.2 Å². The van der Waals surface area contributed by atoms with Gasteiger partial charge in [-0.1, -0.05) is 0 Å². The van der Waals surface area contributed by atoms with E-state index in [0.717, 1.165) is 0 Å². The zero-order valence-corrected chi connectivity index (χ0v) is 11.0. The summed E-state index contributed by atoms with van der Waals surface area (Å²) in [5.74, 6) is 0. The van der Waals surface area contributed by atoms with Crippen molar-refractivity contribution in [3.63, 3.8) is 0 Å². The van der Waals surface area contributed by atoms with Crippen LogP contribution >= 0.6 is 0 Å². The standard InChI is InChI=1S/C12H26O2/c1-10(2,3)13-9-12(7,8)14-11(4,5)6/h9H2,1-8H3. The molecule has 2 heteroatoms. The molecule has 0 aromatic rings. The Morgan fingerprint density at radius 1 is 0.714 bits per heavy atom. The van der Waals surface area contributed by atoms with Gasteiger partial charge in [0.15, 0.2) is 0 Å². The molecule has 0 heterocycles. The van der Waals surface area contributed by atoms with Gasteiger partial charge in [0.2, 0.25) is 0 Å². The first-order valence-corrected chi connectivity index (χ1v) is 5.25. The Kier molecular flexibility index (Phi) is 4.17. The summed E-state index contributed by atoms with van der Waals surface area (Å²) < 4.78 is 11.6. The molecule has 0 amide bonds. The van der Waals surface area contributed by atoms with Crippen molar-refractivity contribution >= 4 is 0 Å². The van der Waals surface area contributed by atoms with Gasteiger partial charge in [-0.2, -0.15) is 0 Å². The van der Waals surface area contributed by atoms with Crippen LogP contribution in [-0.4, -0.2) is 23.4 Å². The van der Waals surface area contributed by atoms with E-state index in [4.69, 9.17) is 9.47 Å². The van der Waals surface area contributed by atoms with Gasteiger partial charge in [0.05, 0.1) is 23.4 Å². The number of hydrogen-bond acceptors (Lipinski definition) is 2. The first kappa shape index (κ1) is 13.9. The minimum Gasteiger partial charge on any atom is -0.373 e. The zero-order valence-electron chi connectivity index (χ0n) is 11.0. The Hall–Kier alpha value is -0.0800. The minimum absolute atomic E-state index is 0.0987. The molecule has 0 N–H and O–H groups in total. The molecular formula is C12H26O2.